The minimum absolute atomic E-state index is 0.191. The highest BCUT2D eigenvalue weighted by Crippen LogP contribution is 2.16. The molecule has 0 radical (unpaired) electrons. The summed E-state index contributed by atoms with van der Waals surface area (Å²) >= 11 is 0. The summed E-state index contributed by atoms with van der Waals surface area (Å²) in [6, 6.07) is 8.79. The standard InChI is InChI=1S/C18H27FN6/c1-4-20-18(22-14-15-10-12-23-25(15)3)21-11-7-13-24(2)17-9-6-5-8-16(17)19/h5-6,8-10,12H,4,7,11,13-14H2,1-3H3,(H2,20,21,22). The van der Waals surface area contributed by atoms with Gasteiger partial charge in [-0.1, -0.05) is 12.1 Å². The molecule has 0 fully saturated rings. The van der Waals surface area contributed by atoms with E-state index in [2.05, 4.69) is 20.7 Å². The van der Waals surface area contributed by atoms with Gasteiger partial charge in [-0.2, -0.15) is 5.10 Å². The minimum Gasteiger partial charge on any atom is -0.372 e. The lowest BCUT2D eigenvalue weighted by Gasteiger charge is -2.20. The summed E-state index contributed by atoms with van der Waals surface area (Å²) in [6.45, 7) is 4.92. The van der Waals surface area contributed by atoms with Crippen LogP contribution in [0.1, 0.15) is 19.0 Å². The molecule has 7 heteroatoms. The highest BCUT2D eigenvalue weighted by Gasteiger charge is 2.06. The molecule has 0 bridgehead atoms. The van der Waals surface area contributed by atoms with Gasteiger partial charge in [0.05, 0.1) is 17.9 Å². The van der Waals surface area contributed by atoms with Crippen LogP contribution in [-0.4, -0.2) is 42.4 Å². The number of aliphatic imine (C=N–C) groups is 1. The molecular weight excluding hydrogens is 319 g/mol. The minimum atomic E-state index is -0.191. The number of hydrogen-bond acceptors (Lipinski definition) is 3. The monoisotopic (exact) mass is 346 g/mol. The lowest BCUT2D eigenvalue weighted by Crippen LogP contribution is -2.38. The number of benzene rings is 1. The molecule has 1 heterocycles. The molecule has 6 nitrogen and oxygen atoms in total. The van der Waals surface area contributed by atoms with E-state index < -0.39 is 0 Å². The lowest BCUT2D eigenvalue weighted by atomic mass is 10.2. The predicted molar refractivity (Wildman–Crippen MR) is 100 cm³/mol. The smallest absolute Gasteiger partial charge is 0.191 e. The Hall–Kier alpha value is -2.57. The van der Waals surface area contributed by atoms with E-state index >= 15 is 0 Å². The van der Waals surface area contributed by atoms with Crippen LogP contribution in [0.4, 0.5) is 10.1 Å². The van der Waals surface area contributed by atoms with Gasteiger partial charge in [-0.25, -0.2) is 9.38 Å². The van der Waals surface area contributed by atoms with Gasteiger partial charge < -0.3 is 15.5 Å². The van der Waals surface area contributed by atoms with Crippen LogP contribution < -0.4 is 15.5 Å². The van der Waals surface area contributed by atoms with Crippen molar-refractivity contribution in [2.75, 3.05) is 31.6 Å². The fourth-order valence-electron chi connectivity index (χ4n) is 2.46. The Labute approximate surface area is 148 Å². The van der Waals surface area contributed by atoms with Gasteiger partial charge in [0.1, 0.15) is 5.82 Å². The number of halogens is 1. The number of aromatic nitrogens is 2. The van der Waals surface area contributed by atoms with Gasteiger partial charge in [0.2, 0.25) is 0 Å². The lowest BCUT2D eigenvalue weighted by molar-refractivity contribution is 0.619. The van der Waals surface area contributed by atoms with E-state index in [-0.39, 0.29) is 5.82 Å². The first-order valence-corrected chi connectivity index (χ1v) is 8.56. The maximum Gasteiger partial charge on any atom is 0.191 e. The first-order valence-electron chi connectivity index (χ1n) is 8.56. The van der Waals surface area contributed by atoms with Crippen molar-refractivity contribution >= 4 is 11.6 Å². The van der Waals surface area contributed by atoms with Crippen molar-refractivity contribution in [3.05, 3.63) is 48.0 Å². The van der Waals surface area contributed by atoms with Crippen molar-refractivity contribution in [3.63, 3.8) is 0 Å². The van der Waals surface area contributed by atoms with Crippen LogP contribution in [0.2, 0.25) is 0 Å². The average molecular weight is 346 g/mol. The quantitative estimate of drug-likeness (QED) is 0.437. The first-order chi connectivity index (χ1) is 12.1. The highest BCUT2D eigenvalue weighted by atomic mass is 19.1. The molecule has 0 unspecified atom stereocenters. The Morgan fingerprint density at radius 2 is 2.08 bits per heavy atom. The maximum atomic E-state index is 13.8. The van der Waals surface area contributed by atoms with Gasteiger partial charge >= 0.3 is 0 Å². The molecule has 2 rings (SSSR count). The molecule has 1 aromatic heterocycles. The number of aryl methyl sites for hydroxylation is 1. The van der Waals surface area contributed by atoms with E-state index in [4.69, 9.17) is 0 Å². The number of hydrogen-bond donors (Lipinski definition) is 2. The van der Waals surface area contributed by atoms with Crippen LogP contribution in [0, 0.1) is 5.82 Å². The largest absolute Gasteiger partial charge is 0.372 e. The Kier molecular flexibility index (Phi) is 7.25. The van der Waals surface area contributed by atoms with E-state index in [1.165, 1.54) is 6.07 Å². The zero-order chi connectivity index (χ0) is 18.1. The number of para-hydroxylation sites is 1. The Morgan fingerprint density at radius 3 is 2.76 bits per heavy atom. The molecule has 1 aromatic carbocycles. The van der Waals surface area contributed by atoms with Gasteiger partial charge in [0, 0.05) is 39.9 Å². The van der Waals surface area contributed by atoms with Crippen molar-refractivity contribution in [1.82, 2.24) is 20.4 Å². The van der Waals surface area contributed by atoms with Crippen LogP contribution in [0.25, 0.3) is 0 Å². The molecule has 2 N–H and O–H groups in total. The van der Waals surface area contributed by atoms with Gasteiger partial charge in [-0.3, -0.25) is 4.68 Å². The van der Waals surface area contributed by atoms with Gasteiger partial charge in [0.25, 0.3) is 0 Å². The second-order valence-corrected chi connectivity index (χ2v) is 5.79. The van der Waals surface area contributed by atoms with E-state index in [0.29, 0.717) is 12.2 Å². The molecule has 0 aliphatic carbocycles. The molecule has 0 spiro atoms. The highest BCUT2D eigenvalue weighted by molar-refractivity contribution is 5.79. The van der Waals surface area contributed by atoms with Crippen molar-refractivity contribution in [2.45, 2.75) is 19.9 Å². The van der Waals surface area contributed by atoms with Crippen LogP contribution in [-0.2, 0) is 13.6 Å². The maximum absolute atomic E-state index is 13.8. The van der Waals surface area contributed by atoms with Gasteiger partial charge in [0.15, 0.2) is 5.96 Å². The summed E-state index contributed by atoms with van der Waals surface area (Å²) in [6.07, 6.45) is 2.64. The van der Waals surface area contributed by atoms with E-state index in [9.17, 15) is 4.39 Å². The summed E-state index contributed by atoms with van der Waals surface area (Å²) < 4.78 is 15.6. The third kappa shape index (κ3) is 5.77. The molecule has 0 saturated carbocycles. The van der Waals surface area contributed by atoms with Crippen LogP contribution >= 0.6 is 0 Å². The number of guanidine groups is 1. The predicted octanol–water partition coefficient (Wildman–Crippen LogP) is 2.14. The summed E-state index contributed by atoms with van der Waals surface area (Å²) in [4.78, 5) is 6.49. The molecule has 136 valence electrons. The normalized spacial score (nSPS) is 11.4. The van der Waals surface area contributed by atoms with Crippen molar-refractivity contribution in [2.24, 2.45) is 12.0 Å². The third-order valence-corrected chi connectivity index (χ3v) is 3.89. The topological polar surface area (TPSA) is 57.5 Å². The van der Waals surface area contributed by atoms with E-state index in [1.807, 2.05) is 42.7 Å². The zero-order valence-electron chi connectivity index (χ0n) is 15.2. The molecule has 0 aliphatic heterocycles. The Balaban J connectivity index is 1.79. The van der Waals surface area contributed by atoms with Crippen molar-refractivity contribution < 1.29 is 4.39 Å². The summed E-state index contributed by atoms with van der Waals surface area (Å²) in [7, 11) is 3.81. The van der Waals surface area contributed by atoms with Crippen molar-refractivity contribution in [3.8, 4) is 0 Å². The molecule has 0 amide bonds. The summed E-state index contributed by atoms with van der Waals surface area (Å²) in [5, 5.41) is 10.7. The summed E-state index contributed by atoms with van der Waals surface area (Å²) in [5.41, 5.74) is 1.68. The zero-order valence-corrected chi connectivity index (χ0v) is 15.2. The second kappa shape index (κ2) is 9.66. The average Bonchev–Trinajstić information content (AvgIpc) is 3.01. The fraction of sp³-hybridized carbons (Fsp3) is 0.444. The van der Waals surface area contributed by atoms with Crippen LogP contribution in [0.3, 0.4) is 0 Å². The molecule has 25 heavy (non-hydrogen) atoms. The Bertz CT molecular complexity index is 682. The molecule has 0 atom stereocenters. The summed E-state index contributed by atoms with van der Waals surface area (Å²) in [5.74, 6) is 0.585. The molecule has 0 aliphatic rings. The molecule has 2 aromatic rings. The van der Waals surface area contributed by atoms with Crippen molar-refractivity contribution in [1.29, 1.82) is 0 Å². The number of nitrogens with zero attached hydrogens (tertiary/aromatic N) is 4. The van der Waals surface area contributed by atoms with Gasteiger partial charge in [-0.15, -0.1) is 0 Å². The Morgan fingerprint density at radius 1 is 1.28 bits per heavy atom. The molecular formula is C18H27FN6. The van der Waals surface area contributed by atoms with E-state index in [1.54, 1.807) is 18.3 Å². The first kappa shape index (κ1) is 18.8. The van der Waals surface area contributed by atoms with Crippen LogP contribution in [0.15, 0.2) is 41.5 Å². The van der Waals surface area contributed by atoms with Crippen LogP contribution in [0.5, 0.6) is 0 Å². The fourth-order valence-corrected chi connectivity index (χ4v) is 2.46. The SMILES string of the molecule is CCNC(=NCc1ccnn1C)NCCCN(C)c1ccccc1F. The number of rotatable bonds is 8. The molecule has 0 saturated heterocycles. The van der Waals surface area contributed by atoms with Gasteiger partial charge in [-0.05, 0) is 31.5 Å². The number of anilines is 1. The number of nitrogens with one attached hydrogen (secondary N) is 2. The second-order valence-electron chi connectivity index (χ2n) is 5.79. The third-order valence-electron chi connectivity index (χ3n) is 3.89. The van der Waals surface area contributed by atoms with E-state index in [0.717, 1.165) is 37.7 Å².